The van der Waals surface area contributed by atoms with Crippen molar-refractivity contribution in [1.82, 2.24) is 14.8 Å². The van der Waals surface area contributed by atoms with Gasteiger partial charge in [-0.1, -0.05) is 0 Å². The summed E-state index contributed by atoms with van der Waals surface area (Å²) in [6, 6.07) is 2.22. The molecule has 0 aliphatic heterocycles. The molecular weight excluding hydrogens is 261 g/mol. The van der Waals surface area contributed by atoms with E-state index in [0.717, 1.165) is 6.07 Å². The Labute approximate surface area is 106 Å². The average molecular weight is 272 g/mol. The predicted molar refractivity (Wildman–Crippen MR) is 61.5 cm³/mol. The van der Waals surface area contributed by atoms with Gasteiger partial charge in [0, 0.05) is 11.8 Å². The number of aromatic nitrogens is 3. The number of anilines is 1. The molecule has 102 valence electrons. The van der Waals surface area contributed by atoms with Gasteiger partial charge in [0.2, 0.25) is 5.88 Å². The lowest BCUT2D eigenvalue weighted by Crippen LogP contribution is -2.11. The molecule has 0 saturated carbocycles. The van der Waals surface area contributed by atoms with Crippen molar-refractivity contribution in [2.75, 3.05) is 12.8 Å². The molecule has 19 heavy (non-hydrogen) atoms. The number of nitrogens with zero attached hydrogens (tertiary/aromatic N) is 3. The van der Waals surface area contributed by atoms with Crippen LogP contribution in [0.25, 0.3) is 0 Å². The fourth-order valence-corrected chi connectivity index (χ4v) is 1.56. The average Bonchev–Trinajstić information content (AvgIpc) is 2.74. The highest BCUT2D eigenvalue weighted by molar-refractivity contribution is 5.33. The van der Waals surface area contributed by atoms with Crippen LogP contribution in [0.3, 0.4) is 0 Å². The molecule has 0 aliphatic carbocycles. The minimum atomic E-state index is -4.50. The van der Waals surface area contributed by atoms with E-state index in [1.165, 1.54) is 24.1 Å². The van der Waals surface area contributed by atoms with Crippen molar-refractivity contribution in [2.45, 2.75) is 12.7 Å². The number of hydrogen-bond acceptors (Lipinski definition) is 4. The van der Waals surface area contributed by atoms with Crippen LogP contribution in [0, 0.1) is 0 Å². The van der Waals surface area contributed by atoms with Crippen molar-refractivity contribution in [2.24, 2.45) is 0 Å². The highest BCUT2D eigenvalue weighted by Gasteiger charge is 2.33. The molecule has 0 radical (unpaired) electrons. The second-order valence-corrected chi connectivity index (χ2v) is 3.83. The van der Waals surface area contributed by atoms with Crippen LogP contribution >= 0.6 is 0 Å². The molecular formula is C11H11F3N4O. The lowest BCUT2D eigenvalue weighted by Gasteiger charge is -2.11. The Morgan fingerprint density at radius 1 is 1.37 bits per heavy atom. The third-order valence-electron chi connectivity index (χ3n) is 2.41. The van der Waals surface area contributed by atoms with Crippen molar-refractivity contribution in [3.05, 3.63) is 35.8 Å². The zero-order valence-electron chi connectivity index (χ0n) is 9.98. The lowest BCUT2D eigenvalue weighted by molar-refractivity contribution is -0.141. The SMILES string of the molecule is COc1nc(C(F)(F)F)ccc1Cn1cc(N)cn1. The van der Waals surface area contributed by atoms with Gasteiger partial charge in [0.05, 0.1) is 25.5 Å². The quantitative estimate of drug-likeness (QED) is 0.927. The topological polar surface area (TPSA) is 66.0 Å². The third kappa shape index (κ3) is 2.95. The van der Waals surface area contributed by atoms with Crippen LogP contribution in [-0.2, 0) is 12.7 Å². The zero-order chi connectivity index (χ0) is 14.0. The summed E-state index contributed by atoms with van der Waals surface area (Å²) < 4.78 is 43.9. The first-order chi connectivity index (χ1) is 8.90. The molecule has 0 amide bonds. The van der Waals surface area contributed by atoms with Gasteiger partial charge >= 0.3 is 6.18 Å². The number of rotatable bonds is 3. The van der Waals surface area contributed by atoms with Gasteiger partial charge in [0.1, 0.15) is 5.69 Å². The Morgan fingerprint density at radius 2 is 2.11 bits per heavy atom. The molecule has 8 heteroatoms. The maximum absolute atomic E-state index is 12.5. The normalized spacial score (nSPS) is 11.6. The molecule has 2 rings (SSSR count). The number of halogens is 3. The van der Waals surface area contributed by atoms with E-state index in [0.29, 0.717) is 11.3 Å². The fourth-order valence-electron chi connectivity index (χ4n) is 1.56. The molecule has 0 saturated heterocycles. The van der Waals surface area contributed by atoms with Gasteiger partial charge in [-0.05, 0) is 12.1 Å². The number of nitrogens with two attached hydrogens (primary N) is 1. The molecule has 2 aromatic heterocycles. The van der Waals surface area contributed by atoms with Crippen LogP contribution in [0.1, 0.15) is 11.3 Å². The summed E-state index contributed by atoms with van der Waals surface area (Å²) in [6.45, 7) is 0.228. The summed E-state index contributed by atoms with van der Waals surface area (Å²) in [5, 5.41) is 3.94. The van der Waals surface area contributed by atoms with Crippen LogP contribution in [0.5, 0.6) is 5.88 Å². The first kappa shape index (κ1) is 13.2. The molecule has 0 fully saturated rings. The van der Waals surface area contributed by atoms with Crippen LogP contribution < -0.4 is 10.5 Å². The maximum atomic E-state index is 12.5. The maximum Gasteiger partial charge on any atom is 0.433 e. The van der Waals surface area contributed by atoms with E-state index in [-0.39, 0.29) is 12.4 Å². The Morgan fingerprint density at radius 3 is 2.63 bits per heavy atom. The van der Waals surface area contributed by atoms with Gasteiger partial charge in [-0.3, -0.25) is 4.68 Å². The van der Waals surface area contributed by atoms with Gasteiger partial charge < -0.3 is 10.5 Å². The molecule has 0 aliphatic rings. The Hall–Kier alpha value is -2.25. The van der Waals surface area contributed by atoms with Gasteiger partial charge in [0.25, 0.3) is 0 Å². The molecule has 5 nitrogen and oxygen atoms in total. The van der Waals surface area contributed by atoms with Crippen molar-refractivity contribution in [1.29, 1.82) is 0 Å². The molecule has 0 bridgehead atoms. The van der Waals surface area contributed by atoms with Crippen molar-refractivity contribution in [3.63, 3.8) is 0 Å². The van der Waals surface area contributed by atoms with Crippen LogP contribution in [-0.4, -0.2) is 21.9 Å². The minimum Gasteiger partial charge on any atom is -0.481 e. The lowest BCUT2D eigenvalue weighted by atomic mass is 10.2. The minimum absolute atomic E-state index is 0.0797. The molecule has 2 N–H and O–H groups in total. The molecule has 0 aromatic carbocycles. The molecule has 0 spiro atoms. The largest absolute Gasteiger partial charge is 0.481 e. The highest BCUT2D eigenvalue weighted by atomic mass is 19.4. The van der Waals surface area contributed by atoms with E-state index < -0.39 is 11.9 Å². The molecule has 2 heterocycles. The monoisotopic (exact) mass is 272 g/mol. The van der Waals surface area contributed by atoms with E-state index in [2.05, 4.69) is 10.1 Å². The number of alkyl halides is 3. The second-order valence-electron chi connectivity index (χ2n) is 3.83. The van der Waals surface area contributed by atoms with Crippen LogP contribution in [0.4, 0.5) is 18.9 Å². The Balaban J connectivity index is 2.31. The summed E-state index contributed by atoms with van der Waals surface area (Å²) in [7, 11) is 1.27. The van der Waals surface area contributed by atoms with Crippen molar-refractivity contribution < 1.29 is 17.9 Å². The van der Waals surface area contributed by atoms with Crippen molar-refractivity contribution >= 4 is 5.69 Å². The Bertz CT molecular complexity index is 580. The standard InChI is InChI=1S/C11H11F3N4O/c1-19-10-7(5-18-6-8(15)4-16-18)2-3-9(17-10)11(12,13)14/h2-4,6H,5,15H2,1H3. The fraction of sp³-hybridized carbons (Fsp3) is 0.273. The van der Waals surface area contributed by atoms with Crippen molar-refractivity contribution in [3.8, 4) is 5.88 Å². The van der Waals surface area contributed by atoms with Gasteiger partial charge in [-0.2, -0.15) is 18.3 Å². The van der Waals surface area contributed by atoms with Crippen LogP contribution in [0.2, 0.25) is 0 Å². The number of hydrogen-bond donors (Lipinski definition) is 1. The van der Waals surface area contributed by atoms with Crippen LogP contribution in [0.15, 0.2) is 24.5 Å². The second kappa shape index (κ2) is 4.79. The molecule has 0 atom stereocenters. The predicted octanol–water partition coefficient (Wildman–Crippen LogP) is 1.94. The van der Waals surface area contributed by atoms with Gasteiger partial charge in [0.15, 0.2) is 0 Å². The van der Waals surface area contributed by atoms with E-state index in [9.17, 15) is 13.2 Å². The van der Waals surface area contributed by atoms with E-state index in [4.69, 9.17) is 10.5 Å². The first-order valence-corrected chi connectivity index (χ1v) is 5.29. The number of methoxy groups -OCH3 is 1. The Kier molecular flexibility index (Phi) is 3.32. The highest BCUT2D eigenvalue weighted by Crippen LogP contribution is 2.30. The summed E-state index contributed by atoms with van der Waals surface area (Å²) in [5.41, 5.74) is 5.47. The number of ether oxygens (including phenoxy) is 1. The summed E-state index contributed by atoms with van der Waals surface area (Å²) in [6.07, 6.45) is -1.48. The van der Waals surface area contributed by atoms with E-state index in [1.807, 2.05) is 0 Å². The zero-order valence-corrected chi connectivity index (χ0v) is 9.98. The summed E-state index contributed by atoms with van der Waals surface area (Å²) in [5.74, 6) is -0.0797. The van der Waals surface area contributed by atoms with Gasteiger partial charge in [-0.25, -0.2) is 4.98 Å². The summed E-state index contributed by atoms with van der Waals surface area (Å²) >= 11 is 0. The smallest absolute Gasteiger partial charge is 0.433 e. The first-order valence-electron chi connectivity index (χ1n) is 5.29. The van der Waals surface area contributed by atoms with E-state index in [1.54, 1.807) is 6.20 Å². The molecule has 2 aromatic rings. The number of pyridine rings is 1. The summed E-state index contributed by atoms with van der Waals surface area (Å²) in [4.78, 5) is 3.45. The third-order valence-corrected chi connectivity index (χ3v) is 2.41. The molecule has 0 unspecified atom stereocenters. The van der Waals surface area contributed by atoms with E-state index >= 15 is 0 Å². The van der Waals surface area contributed by atoms with Gasteiger partial charge in [-0.15, -0.1) is 0 Å². The number of nitrogen functional groups attached to an aromatic ring is 1.